The lowest BCUT2D eigenvalue weighted by atomic mass is 9.97. The van der Waals surface area contributed by atoms with Gasteiger partial charge in [0.1, 0.15) is 5.75 Å². The van der Waals surface area contributed by atoms with Gasteiger partial charge in [-0.3, -0.25) is 4.79 Å². The van der Waals surface area contributed by atoms with E-state index in [4.69, 9.17) is 4.74 Å². The van der Waals surface area contributed by atoms with Crippen LogP contribution in [0.15, 0.2) is 24.3 Å². The van der Waals surface area contributed by atoms with Crippen molar-refractivity contribution in [3.8, 4) is 5.75 Å². The van der Waals surface area contributed by atoms with Gasteiger partial charge >= 0.3 is 0 Å². The van der Waals surface area contributed by atoms with Gasteiger partial charge in [0.2, 0.25) is 0 Å². The topological polar surface area (TPSA) is 60.4 Å². The number of hydrogen-bond acceptors (Lipinski definition) is 4. The molecule has 2 aliphatic rings. The molecule has 5 heteroatoms. The Labute approximate surface area is 112 Å². The molecule has 1 atom stereocenters. The quantitative estimate of drug-likeness (QED) is 0.790. The lowest BCUT2D eigenvalue weighted by molar-refractivity contribution is 0.0932. The summed E-state index contributed by atoms with van der Waals surface area (Å²) in [4.78, 5) is 12.3. The third-order valence-corrected chi connectivity index (χ3v) is 5.32. The van der Waals surface area contributed by atoms with Gasteiger partial charge in [-0.1, -0.05) is 12.1 Å². The normalized spacial score (nSPS) is 25.2. The Hall–Kier alpha value is -1.36. The van der Waals surface area contributed by atoms with E-state index in [1.807, 2.05) is 6.07 Å². The van der Waals surface area contributed by atoms with Gasteiger partial charge in [0, 0.05) is 11.5 Å². The molecule has 1 unspecified atom stereocenters. The minimum Gasteiger partial charge on any atom is -0.490 e. The molecule has 102 valence electrons. The van der Waals surface area contributed by atoms with Crippen molar-refractivity contribution < 1.29 is 17.9 Å². The summed E-state index contributed by atoms with van der Waals surface area (Å²) in [6.45, 7) is 0. The first-order chi connectivity index (χ1) is 9.03. The van der Waals surface area contributed by atoms with Crippen molar-refractivity contribution in [2.24, 2.45) is 5.92 Å². The predicted octanol–water partition coefficient (Wildman–Crippen LogP) is 1.85. The van der Waals surface area contributed by atoms with Gasteiger partial charge in [0.05, 0.1) is 17.6 Å². The fraction of sp³-hybridized carbons (Fsp3) is 0.500. The first-order valence-electron chi connectivity index (χ1n) is 6.55. The third-order valence-electron chi connectivity index (χ3n) is 3.55. The molecule has 0 amide bonds. The monoisotopic (exact) mass is 280 g/mol. The second-order valence-electron chi connectivity index (χ2n) is 5.31. The van der Waals surface area contributed by atoms with Crippen LogP contribution in [0.1, 0.15) is 29.6 Å². The summed E-state index contributed by atoms with van der Waals surface area (Å²) in [6.07, 6.45) is 2.87. The molecule has 0 aromatic heterocycles. The highest BCUT2D eigenvalue weighted by molar-refractivity contribution is 7.91. The molecule has 1 saturated carbocycles. The fourth-order valence-electron chi connectivity index (χ4n) is 2.34. The summed E-state index contributed by atoms with van der Waals surface area (Å²) in [6, 6.07) is 7.08. The Balaban J connectivity index is 1.75. The van der Waals surface area contributed by atoms with E-state index < -0.39 is 9.84 Å². The molecule has 2 fully saturated rings. The first kappa shape index (κ1) is 12.7. The summed E-state index contributed by atoms with van der Waals surface area (Å²) in [5, 5.41) is 0. The summed E-state index contributed by atoms with van der Waals surface area (Å²) >= 11 is 0. The Morgan fingerprint density at radius 1 is 1.21 bits per heavy atom. The largest absolute Gasteiger partial charge is 0.490 e. The maximum absolute atomic E-state index is 12.3. The zero-order chi connectivity index (χ0) is 13.5. The van der Waals surface area contributed by atoms with Gasteiger partial charge < -0.3 is 4.74 Å². The van der Waals surface area contributed by atoms with Crippen molar-refractivity contribution >= 4 is 15.6 Å². The SMILES string of the molecule is O=C(c1cccc(OC2CC2)c1)C1CCS(=O)(=O)C1. The number of Topliss-reactive ketones (excluding diaryl/α,β-unsaturated/α-hetero) is 1. The van der Waals surface area contributed by atoms with Crippen LogP contribution in [0.5, 0.6) is 5.75 Å². The predicted molar refractivity (Wildman–Crippen MR) is 71.2 cm³/mol. The van der Waals surface area contributed by atoms with Crippen molar-refractivity contribution in [1.29, 1.82) is 0 Å². The number of hydrogen-bond donors (Lipinski definition) is 0. The molecule has 1 aromatic carbocycles. The highest BCUT2D eigenvalue weighted by Crippen LogP contribution is 2.28. The molecule has 1 aliphatic carbocycles. The van der Waals surface area contributed by atoms with E-state index in [9.17, 15) is 13.2 Å². The Bertz CT molecular complexity index is 602. The van der Waals surface area contributed by atoms with E-state index in [-0.39, 0.29) is 29.3 Å². The summed E-state index contributed by atoms with van der Waals surface area (Å²) in [7, 11) is -3.02. The van der Waals surface area contributed by atoms with Crippen LogP contribution >= 0.6 is 0 Å². The minimum absolute atomic E-state index is 0.0143. The fourth-order valence-corrected chi connectivity index (χ4v) is 4.08. The standard InChI is InChI=1S/C14H16O4S/c15-14(11-6-7-19(16,17)9-11)10-2-1-3-13(8-10)18-12-4-5-12/h1-3,8,11-12H,4-7,9H2. The lowest BCUT2D eigenvalue weighted by Gasteiger charge is -2.09. The minimum atomic E-state index is -3.02. The maximum atomic E-state index is 12.3. The number of rotatable bonds is 4. The molecular weight excluding hydrogens is 264 g/mol. The molecule has 1 saturated heterocycles. The van der Waals surface area contributed by atoms with Crippen molar-refractivity contribution in [2.75, 3.05) is 11.5 Å². The molecule has 4 nitrogen and oxygen atoms in total. The Morgan fingerprint density at radius 2 is 2.00 bits per heavy atom. The average molecular weight is 280 g/mol. The smallest absolute Gasteiger partial charge is 0.167 e. The third kappa shape index (κ3) is 2.97. The van der Waals surface area contributed by atoms with Crippen molar-refractivity contribution in [3.05, 3.63) is 29.8 Å². The number of benzene rings is 1. The molecule has 0 N–H and O–H groups in total. The zero-order valence-electron chi connectivity index (χ0n) is 10.5. The second kappa shape index (κ2) is 4.63. The molecule has 1 aromatic rings. The highest BCUT2D eigenvalue weighted by Gasteiger charge is 2.33. The zero-order valence-corrected chi connectivity index (χ0v) is 11.4. The van der Waals surface area contributed by atoms with Crippen LogP contribution in [0.4, 0.5) is 0 Å². The van der Waals surface area contributed by atoms with Crippen LogP contribution in [-0.4, -0.2) is 31.8 Å². The van der Waals surface area contributed by atoms with Crippen molar-refractivity contribution in [3.63, 3.8) is 0 Å². The van der Waals surface area contributed by atoms with Gasteiger partial charge in [-0.25, -0.2) is 8.42 Å². The van der Waals surface area contributed by atoms with Crippen LogP contribution in [-0.2, 0) is 9.84 Å². The molecule has 19 heavy (non-hydrogen) atoms. The number of sulfone groups is 1. The van der Waals surface area contributed by atoms with Crippen LogP contribution in [0.25, 0.3) is 0 Å². The van der Waals surface area contributed by atoms with Crippen LogP contribution in [0.3, 0.4) is 0 Å². The Kier molecular flexibility index (Phi) is 3.09. The molecule has 3 rings (SSSR count). The van der Waals surface area contributed by atoms with Crippen LogP contribution in [0.2, 0.25) is 0 Å². The van der Waals surface area contributed by atoms with E-state index in [1.165, 1.54) is 0 Å². The lowest BCUT2D eigenvalue weighted by Crippen LogP contribution is -2.16. The van der Waals surface area contributed by atoms with E-state index in [0.717, 1.165) is 12.8 Å². The summed E-state index contributed by atoms with van der Waals surface area (Å²) in [5.74, 6) is 0.346. The van der Waals surface area contributed by atoms with Gasteiger partial charge in [0.15, 0.2) is 15.6 Å². The van der Waals surface area contributed by atoms with E-state index in [1.54, 1.807) is 18.2 Å². The first-order valence-corrected chi connectivity index (χ1v) is 8.37. The molecular formula is C14H16O4S. The highest BCUT2D eigenvalue weighted by atomic mass is 32.2. The van der Waals surface area contributed by atoms with Crippen LogP contribution in [0, 0.1) is 5.92 Å². The van der Waals surface area contributed by atoms with Gasteiger partial charge in [-0.15, -0.1) is 0 Å². The van der Waals surface area contributed by atoms with Crippen LogP contribution < -0.4 is 4.74 Å². The molecule has 0 spiro atoms. The number of ether oxygens (including phenoxy) is 1. The number of carbonyl (C=O) groups excluding carboxylic acids is 1. The van der Waals surface area contributed by atoms with Gasteiger partial charge in [0.25, 0.3) is 0 Å². The number of carbonyl (C=O) groups is 1. The van der Waals surface area contributed by atoms with Crippen molar-refractivity contribution in [2.45, 2.75) is 25.4 Å². The van der Waals surface area contributed by atoms with Gasteiger partial charge in [-0.05, 0) is 31.4 Å². The molecule has 0 bridgehead atoms. The maximum Gasteiger partial charge on any atom is 0.167 e. The summed E-state index contributed by atoms with van der Waals surface area (Å²) in [5.41, 5.74) is 0.556. The second-order valence-corrected chi connectivity index (χ2v) is 7.54. The van der Waals surface area contributed by atoms with Gasteiger partial charge in [-0.2, -0.15) is 0 Å². The number of ketones is 1. The Morgan fingerprint density at radius 3 is 2.63 bits per heavy atom. The summed E-state index contributed by atoms with van der Waals surface area (Å²) < 4.78 is 28.5. The van der Waals surface area contributed by atoms with Crippen molar-refractivity contribution in [1.82, 2.24) is 0 Å². The average Bonchev–Trinajstić information content (AvgIpc) is 3.11. The van der Waals surface area contributed by atoms with E-state index in [2.05, 4.69) is 0 Å². The molecule has 1 heterocycles. The molecule has 1 aliphatic heterocycles. The molecule has 0 radical (unpaired) electrons. The van der Waals surface area contributed by atoms with E-state index >= 15 is 0 Å². The van der Waals surface area contributed by atoms with E-state index in [0.29, 0.717) is 17.7 Å².